The van der Waals surface area contributed by atoms with Gasteiger partial charge in [0.1, 0.15) is 11.6 Å². The van der Waals surface area contributed by atoms with E-state index in [4.69, 9.17) is 14.6 Å². The normalized spacial score (nSPS) is 18.2. The summed E-state index contributed by atoms with van der Waals surface area (Å²) in [7, 11) is 0. The summed E-state index contributed by atoms with van der Waals surface area (Å²) in [6.07, 6.45) is 13.1. The number of rotatable bonds is 10. The smallest absolute Gasteiger partial charge is 0.336 e. The van der Waals surface area contributed by atoms with Crippen LogP contribution < -0.4 is 14.8 Å². The highest BCUT2D eigenvalue weighted by Gasteiger charge is 2.31. The van der Waals surface area contributed by atoms with E-state index in [0.29, 0.717) is 66.3 Å². The second-order valence-electron chi connectivity index (χ2n) is 15.8. The summed E-state index contributed by atoms with van der Waals surface area (Å²) < 4.78 is 36.9. The highest BCUT2D eigenvalue weighted by molar-refractivity contribution is 6.00. The van der Waals surface area contributed by atoms with Crippen molar-refractivity contribution in [2.24, 2.45) is 11.8 Å². The zero-order chi connectivity index (χ0) is 44.7. The number of aryl methyl sites for hydroxylation is 2. The molecule has 0 spiro atoms. The Labute approximate surface area is 366 Å². The predicted octanol–water partition coefficient (Wildman–Crippen LogP) is 8.44. The number of carboxylic acids is 1. The van der Waals surface area contributed by atoms with Crippen LogP contribution in [0.3, 0.4) is 0 Å². The number of aromatic carboxylic acids is 1. The Hall–Kier alpha value is -6.74. The van der Waals surface area contributed by atoms with Crippen LogP contribution in [0.5, 0.6) is 11.8 Å². The molecule has 2 saturated heterocycles. The number of carbonyl (C=O) groups excluding carboxylic acids is 1. The standard InChI is InChI=1S/C24H25FN4O2.C12H17FN2O.C12H10N2O2/c1-16-4-8-20(23-26-10-3-11-27-23)21(12-16)24(30)29-14-18(6-5-17(29)2)15-31-22-9-7-19(25)13-28-22;1-9-2-3-10(6-14-9)8-16-12-5-4-11(13)7-15-12;1-8-3-4-9(10(7-8)12(15)16)11-13-5-2-6-14-11/h3-4,7-13,17-18H,5-6,14-15H2,1-2H3;4-5,7,9-10,14H,2-3,6,8H2,1H3;2-7H,1H3,(H,15,16)/t17-,18-;9-,10-;/m11./s1. The van der Waals surface area contributed by atoms with Crippen molar-refractivity contribution in [3.05, 3.63) is 144 Å². The van der Waals surface area contributed by atoms with Gasteiger partial charge in [0.05, 0.1) is 36.7 Å². The summed E-state index contributed by atoms with van der Waals surface area (Å²) in [5.74, 6) is 0.843. The summed E-state index contributed by atoms with van der Waals surface area (Å²) in [6.45, 7) is 10.7. The van der Waals surface area contributed by atoms with E-state index in [1.807, 2.05) is 43.0 Å². The molecular formula is C48H52F2N8O5. The van der Waals surface area contributed by atoms with Crippen LogP contribution in [0.2, 0.25) is 0 Å². The van der Waals surface area contributed by atoms with Gasteiger partial charge in [-0.1, -0.05) is 35.4 Å². The maximum Gasteiger partial charge on any atom is 0.336 e. The lowest BCUT2D eigenvalue weighted by Crippen LogP contribution is -2.47. The summed E-state index contributed by atoms with van der Waals surface area (Å²) in [4.78, 5) is 51.2. The summed E-state index contributed by atoms with van der Waals surface area (Å²) >= 11 is 0. The van der Waals surface area contributed by atoms with Crippen LogP contribution >= 0.6 is 0 Å². The van der Waals surface area contributed by atoms with Crippen molar-refractivity contribution in [3.8, 4) is 34.5 Å². The minimum absolute atomic E-state index is 0.0248. The molecule has 13 nitrogen and oxygen atoms in total. The van der Waals surface area contributed by atoms with Crippen molar-refractivity contribution in [1.82, 2.24) is 40.1 Å². The largest absolute Gasteiger partial charge is 0.478 e. The predicted molar refractivity (Wildman–Crippen MR) is 234 cm³/mol. The minimum Gasteiger partial charge on any atom is -0.478 e. The number of pyridine rings is 2. The molecule has 6 aromatic rings. The lowest BCUT2D eigenvalue weighted by atomic mass is 9.92. The third-order valence-electron chi connectivity index (χ3n) is 10.8. The van der Waals surface area contributed by atoms with Crippen LogP contribution in [0.4, 0.5) is 8.78 Å². The lowest BCUT2D eigenvalue weighted by Gasteiger charge is -2.38. The number of carbonyl (C=O) groups is 2. The highest BCUT2D eigenvalue weighted by Crippen LogP contribution is 2.29. The summed E-state index contributed by atoms with van der Waals surface area (Å²) in [5, 5.41) is 12.5. The second kappa shape index (κ2) is 22.4. The van der Waals surface area contributed by atoms with E-state index in [1.165, 1.54) is 37.2 Å². The first-order valence-electron chi connectivity index (χ1n) is 21.0. The molecule has 2 aliphatic rings. The minimum atomic E-state index is -0.967. The zero-order valence-corrected chi connectivity index (χ0v) is 35.8. The van der Waals surface area contributed by atoms with Gasteiger partial charge in [-0.05, 0) is 89.8 Å². The Balaban J connectivity index is 0.000000173. The number of ether oxygens (including phenoxy) is 2. The van der Waals surface area contributed by atoms with E-state index >= 15 is 0 Å². The van der Waals surface area contributed by atoms with Gasteiger partial charge in [0.2, 0.25) is 11.8 Å². The Morgan fingerprint density at radius 3 is 1.68 bits per heavy atom. The molecule has 2 aromatic carbocycles. The molecule has 2 fully saturated rings. The van der Waals surface area contributed by atoms with Crippen molar-refractivity contribution < 1.29 is 33.0 Å². The van der Waals surface area contributed by atoms with Gasteiger partial charge in [-0.15, -0.1) is 0 Å². The van der Waals surface area contributed by atoms with Gasteiger partial charge >= 0.3 is 5.97 Å². The first kappa shape index (κ1) is 45.8. The molecule has 2 N–H and O–H groups in total. The number of carboxylic acid groups (broad SMARTS) is 1. The van der Waals surface area contributed by atoms with Crippen LogP contribution in [0.15, 0.2) is 110 Å². The van der Waals surface area contributed by atoms with E-state index in [1.54, 1.807) is 55.1 Å². The van der Waals surface area contributed by atoms with Gasteiger partial charge in [-0.25, -0.2) is 43.5 Å². The number of piperidine rings is 2. The molecule has 0 saturated carbocycles. The molecule has 0 aliphatic carbocycles. The first-order valence-corrected chi connectivity index (χ1v) is 21.0. The quantitative estimate of drug-likeness (QED) is 0.135. The number of amides is 1. The van der Waals surface area contributed by atoms with E-state index in [2.05, 4.69) is 49.1 Å². The number of hydrogen-bond donors (Lipinski definition) is 2. The van der Waals surface area contributed by atoms with E-state index < -0.39 is 11.8 Å². The molecule has 0 radical (unpaired) electrons. The van der Waals surface area contributed by atoms with Gasteiger partial charge in [-0.2, -0.15) is 0 Å². The van der Waals surface area contributed by atoms with Crippen LogP contribution in [-0.4, -0.2) is 90.2 Å². The monoisotopic (exact) mass is 858 g/mol. The molecule has 6 heterocycles. The van der Waals surface area contributed by atoms with E-state index in [0.717, 1.165) is 42.3 Å². The van der Waals surface area contributed by atoms with Crippen molar-refractivity contribution >= 4 is 11.9 Å². The highest BCUT2D eigenvalue weighted by atomic mass is 19.1. The van der Waals surface area contributed by atoms with Crippen LogP contribution in [0.1, 0.15) is 71.4 Å². The van der Waals surface area contributed by atoms with Crippen LogP contribution in [0, 0.1) is 37.3 Å². The molecule has 4 atom stereocenters. The number of aromatic nitrogens is 6. The second-order valence-corrected chi connectivity index (χ2v) is 15.8. The third-order valence-corrected chi connectivity index (χ3v) is 10.8. The van der Waals surface area contributed by atoms with Crippen molar-refractivity contribution in [1.29, 1.82) is 0 Å². The number of likely N-dealkylation sites (tertiary alicyclic amines) is 1. The number of hydrogen-bond acceptors (Lipinski definition) is 11. The van der Waals surface area contributed by atoms with E-state index in [-0.39, 0.29) is 29.2 Å². The molecule has 4 aromatic heterocycles. The first-order chi connectivity index (χ1) is 30.4. The fourth-order valence-corrected chi connectivity index (χ4v) is 7.19. The molecule has 0 unspecified atom stereocenters. The van der Waals surface area contributed by atoms with Crippen LogP contribution in [0.25, 0.3) is 22.8 Å². The molecule has 8 rings (SSSR count). The average molecular weight is 859 g/mol. The SMILES string of the molecule is C[C@@H]1CC[C@@H](COc2ccc(F)cn2)CN1.Cc1ccc(-c2ncccn2)c(C(=O)N2C[C@H](COc3ccc(F)cn3)CC[C@H]2C)c1.Cc1ccc(-c2ncccn2)c(C(=O)O)c1. The zero-order valence-electron chi connectivity index (χ0n) is 35.8. The van der Waals surface area contributed by atoms with Gasteiger partial charge in [0.25, 0.3) is 5.91 Å². The van der Waals surface area contributed by atoms with Gasteiger partial charge in [0.15, 0.2) is 11.6 Å². The molecule has 15 heteroatoms. The van der Waals surface area contributed by atoms with Crippen LogP contribution in [-0.2, 0) is 0 Å². The summed E-state index contributed by atoms with van der Waals surface area (Å²) in [5.41, 5.74) is 4.02. The topological polar surface area (TPSA) is 165 Å². The Kier molecular flexibility index (Phi) is 16.3. The molecular weight excluding hydrogens is 807 g/mol. The van der Waals surface area contributed by atoms with Crippen molar-refractivity contribution in [2.75, 3.05) is 26.3 Å². The molecule has 0 bridgehead atoms. The number of halogens is 2. The fourth-order valence-electron chi connectivity index (χ4n) is 7.19. The molecule has 2 aliphatic heterocycles. The maximum absolute atomic E-state index is 13.6. The molecule has 63 heavy (non-hydrogen) atoms. The summed E-state index contributed by atoms with van der Waals surface area (Å²) in [6, 6.07) is 20.9. The number of benzene rings is 2. The molecule has 328 valence electrons. The lowest BCUT2D eigenvalue weighted by molar-refractivity contribution is 0.0502. The Morgan fingerprint density at radius 2 is 1.19 bits per heavy atom. The number of nitrogens with zero attached hydrogens (tertiary/aromatic N) is 7. The maximum atomic E-state index is 13.6. The van der Waals surface area contributed by atoms with Gasteiger partial charge < -0.3 is 24.8 Å². The van der Waals surface area contributed by atoms with Gasteiger partial charge in [-0.3, -0.25) is 4.79 Å². The van der Waals surface area contributed by atoms with E-state index in [9.17, 15) is 18.4 Å². The third kappa shape index (κ3) is 13.4. The van der Waals surface area contributed by atoms with Crippen molar-refractivity contribution in [3.63, 3.8) is 0 Å². The Morgan fingerprint density at radius 1 is 0.683 bits per heavy atom. The Bertz CT molecular complexity index is 2390. The van der Waals surface area contributed by atoms with Crippen molar-refractivity contribution in [2.45, 2.75) is 65.5 Å². The fraction of sp³-hybridized carbons (Fsp3) is 0.333. The number of nitrogens with one attached hydrogen (secondary N) is 1. The average Bonchev–Trinajstić information content (AvgIpc) is 3.30. The molecule has 1 amide bonds. The van der Waals surface area contributed by atoms with Gasteiger partial charge in [0, 0.05) is 85.1 Å².